The van der Waals surface area contributed by atoms with Crippen molar-refractivity contribution in [1.29, 1.82) is 0 Å². The molecule has 0 aliphatic carbocycles. The zero-order chi connectivity index (χ0) is 16.2. The molecular formula is C19H30N2O2. The highest BCUT2D eigenvalue weighted by Crippen LogP contribution is 2.27. The van der Waals surface area contributed by atoms with Gasteiger partial charge in [-0.1, -0.05) is 12.5 Å². The summed E-state index contributed by atoms with van der Waals surface area (Å²) in [5.74, 6) is 0.916. The molecule has 2 heterocycles. The molecule has 2 aliphatic rings. The number of rotatable bonds is 6. The first kappa shape index (κ1) is 16.7. The molecule has 1 aromatic carbocycles. The van der Waals surface area contributed by atoms with Crippen LogP contribution in [0.2, 0.25) is 0 Å². The molecule has 3 rings (SSSR count). The van der Waals surface area contributed by atoms with Gasteiger partial charge in [0.25, 0.3) is 0 Å². The van der Waals surface area contributed by atoms with Crippen LogP contribution in [0.1, 0.15) is 37.3 Å². The van der Waals surface area contributed by atoms with Gasteiger partial charge in [-0.25, -0.2) is 0 Å². The SMILES string of the molecule is COCc1cc(CN2CC(N3CCCCC3C)C2)ccc1OC. The Bertz CT molecular complexity index is 514. The van der Waals surface area contributed by atoms with Crippen LogP contribution in [0, 0.1) is 0 Å². The van der Waals surface area contributed by atoms with E-state index in [9.17, 15) is 0 Å². The van der Waals surface area contributed by atoms with Crippen LogP contribution in [-0.4, -0.2) is 55.7 Å². The van der Waals surface area contributed by atoms with Gasteiger partial charge in [0.15, 0.2) is 0 Å². The zero-order valence-electron chi connectivity index (χ0n) is 14.8. The van der Waals surface area contributed by atoms with Crippen LogP contribution in [0.5, 0.6) is 5.75 Å². The summed E-state index contributed by atoms with van der Waals surface area (Å²) < 4.78 is 10.7. The van der Waals surface area contributed by atoms with Gasteiger partial charge in [-0.2, -0.15) is 0 Å². The van der Waals surface area contributed by atoms with Gasteiger partial charge in [-0.3, -0.25) is 9.80 Å². The first-order valence-electron chi connectivity index (χ1n) is 8.84. The maximum absolute atomic E-state index is 5.41. The third-order valence-electron chi connectivity index (χ3n) is 5.31. The molecule has 2 aliphatic heterocycles. The van der Waals surface area contributed by atoms with Crippen molar-refractivity contribution >= 4 is 0 Å². The Morgan fingerprint density at radius 3 is 2.70 bits per heavy atom. The highest BCUT2D eigenvalue weighted by atomic mass is 16.5. The fourth-order valence-corrected chi connectivity index (χ4v) is 4.00. The molecule has 0 saturated carbocycles. The number of hydrogen-bond donors (Lipinski definition) is 0. The Labute approximate surface area is 140 Å². The zero-order valence-corrected chi connectivity index (χ0v) is 14.8. The lowest BCUT2D eigenvalue weighted by atomic mass is 9.97. The summed E-state index contributed by atoms with van der Waals surface area (Å²) in [6, 6.07) is 7.99. The highest BCUT2D eigenvalue weighted by molar-refractivity contribution is 5.37. The summed E-state index contributed by atoms with van der Waals surface area (Å²) in [6.07, 6.45) is 4.15. The molecule has 0 spiro atoms. The van der Waals surface area contributed by atoms with Crippen molar-refractivity contribution in [3.8, 4) is 5.75 Å². The van der Waals surface area contributed by atoms with Gasteiger partial charge in [-0.15, -0.1) is 0 Å². The monoisotopic (exact) mass is 318 g/mol. The maximum atomic E-state index is 5.41. The summed E-state index contributed by atoms with van der Waals surface area (Å²) in [4.78, 5) is 5.27. The lowest BCUT2D eigenvalue weighted by Gasteiger charge is -2.49. The van der Waals surface area contributed by atoms with Crippen LogP contribution in [0.25, 0.3) is 0 Å². The molecule has 4 nitrogen and oxygen atoms in total. The van der Waals surface area contributed by atoms with Crippen LogP contribution < -0.4 is 4.74 Å². The van der Waals surface area contributed by atoms with Crippen LogP contribution >= 0.6 is 0 Å². The number of benzene rings is 1. The first-order valence-corrected chi connectivity index (χ1v) is 8.84. The standard InChI is InChI=1S/C19H30N2O2/c1-15-6-4-5-9-21(15)18-12-20(13-18)11-16-7-8-19(23-3)17(10-16)14-22-2/h7-8,10,15,18H,4-6,9,11-14H2,1-3H3. The fraction of sp³-hybridized carbons (Fsp3) is 0.684. The predicted molar refractivity (Wildman–Crippen MR) is 92.8 cm³/mol. The van der Waals surface area contributed by atoms with Crippen molar-refractivity contribution in [3.63, 3.8) is 0 Å². The van der Waals surface area contributed by atoms with Crippen LogP contribution in [0.15, 0.2) is 18.2 Å². The van der Waals surface area contributed by atoms with Gasteiger partial charge in [0.1, 0.15) is 5.75 Å². The number of hydrogen-bond acceptors (Lipinski definition) is 4. The average molecular weight is 318 g/mol. The molecule has 1 atom stereocenters. The topological polar surface area (TPSA) is 24.9 Å². The summed E-state index contributed by atoms with van der Waals surface area (Å²) in [5.41, 5.74) is 2.48. The van der Waals surface area contributed by atoms with Crippen molar-refractivity contribution in [2.45, 2.75) is 51.4 Å². The third kappa shape index (κ3) is 3.87. The third-order valence-corrected chi connectivity index (χ3v) is 5.31. The van der Waals surface area contributed by atoms with E-state index in [1.54, 1.807) is 14.2 Å². The molecule has 1 aromatic rings. The van der Waals surface area contributed by atoms with E-state index in [0.29, 0.717) is 6.61 Å². The fourth-order valence-electron chi connectivity index (χ4n) is 4.00. The maximum Gasteiger partial charge on any atom is 0.124 e. The van der Waals surface area contributed by atoms with Crippen LogP contribution in [0.4, 0.5) is 0 Å². The molecule has 23 heavy (non-hydrogen) atoms. The van der Waals surface area contributed by atoms with Gasteiger partial charge in [0.2, 0.25) is 0 Å². The van der Waals surface area contributed by atoms with Gasteiger partial charge in [0, 0.05) is 44.4 Å². The van der Waals surface area contributed by atoms with E-state index in [1.807, 2.05) is 0 Å². The van der Waals surface area contributed by atoms with Gasteiger partial charge in [0.05, 0.1) is 13.7 Å². The molecule has 1 unspecified atom stereocenters. The molecule has 0 radical (unpaired) electrons. The van der Waals surface area contributed by atoms with Crippen LogP contribution in [0.3, 0.4) is 0 Å². The van der Waals surface area contributed by atoms with Gasteiger partial charge in [-0.05, 0) is 44.0 Å². The first-order chi connectivity index (χ1) is 11.2. The van der Waals surface area contributed by atoms with Gasteiger partial charge >= 0.3 is 0 Å². The highest BCUT2D eigenvalue weighted by Gasteiger charge is 2.34. The molecule has 128 valence electrons. The number of methoxy groups -OCH3 is 2. The Morgan fingerprint density at radius 1 is 1.17 bits per heavy atom. The van der Waals surface area contributed by atoms with E-state index >= 15 is 0 Å². The Morgan fingerprint density at radius 2 is 2.00 bits per heavy atom. The molecule has 0 N–H and O–H groups in total. The molecule has 0 aromatic heterocycles. The lowest BCUT2D eigenvalue weighted by molar-refractivity contribution is -0.00623. The molecule has 2 fully saturated rings. The number of likely N-dealkylation sites (tertiary alicyclic amines) is 2. The van der Waals surface area contributed by atoms with E-state index < -0.39 is 0 Å². The van der Waals surface area contributed by atoms with Crippen LogP contribution in [-0.2, 0) is 17.9 Å². The Kier molecular flexibility index (Phi) is 5.57. The minimum absolute atomic E-state index is 0.602. The quantitative estimate of drug-likeness (QED) is 0.805. The smallest absolute Gasteiger partial charge is 0.124 e. The van der Waals surface area contributed by atoms with E-state index in [4.69, 9.17) is 9.47 Å². The molecule has 2 saturated heterocycles. The van der Waals surface area contributed by atoms with Crippen molar-refractivity contribution in [1.82, 2.24) is 9.80 Å². The van der Waals surface area contributed by atoms with Crippen molar-refractivity contribution in [3.05, 3.63) is 29.3 Å². The van der Waals surface area contributed by atoms with Crippen molar-refractivity contribution in [2.75, 3.05) is 33.9 Å². The minimum atomic E-state index is 0.602. The minimum Gasteiger partial charge on any atom is -0.496 e. The largest absolute Gasteiger partial charge is 0.496 e. The number of nitrogens with zero attached hydrogens (tertiary/aromatic N) is 2. The molecule has 4 heteroatoms. The average Bonchev–Trinajstić information content (AvgIpc) is 2.52. The van der Waals surface area contributed by atoms with E-state index in [1.165, 1.54) is 44.5 Å². The van der Waals surface area contributed by atoms with Crippen molar-refractivity contribution < 1.29 is 9.47 Å². The Hall–Kier alpha value is -1.10. The van der Waals surface area contributed by atoms with E-state index in [2.05, 4.69) is 34.9 Å². The second kappa shape index (κ2) is 7.65. The second-order valence-corrected chi connectivity index (χ2v) is 7.01. The summed E-state index contributed by atoms with van der Waals surface area (Å²) >= 11 is 0. The van der Waals surface area contributed by atoms with Crippen molar-refractivity contribution in [2.24, 2.45) is 0 Å². The molecule has 0 amide bonds. The van der Waals surface area contributed by atoms with E-state index in [-0.39, 0.29) is 0 Å². The summed E-state index contributed by atoms with van der Waals surface area (Å²) in [6.45, 7) is 7.72. The second-order valence-electron chi connectivity index (χ2n) is 7.01. The predicted octanol–water partition coefficient (Wildman–Crippen LogP) is 2.90. The Balaban J connectivity index is 1.54. The summed E-state index contributed by atoms with van der Waals surface area (Å²) in [7, 11) is 3.44. The van der Waals surface area contributed by atoms with Gasteiger partial charge < -0.3 is 9.47 Å². The summed E-state index contributed by atoms with van der Waals surface area (Å²) in [5, 5.41) is 0. The van der Waals surface area contributed by atoms with E-state index in [0.717, 1.165) is 29.9 Å². The lowest BCUT2D eigenvalue weighted by Crippen LogP contribution is -2.61. The molecule has 0 bridgehead atoms. The normalized spacial score (nSPS) is 23.7. The molecular weight excluding hydrogens is 288 g/mol. The number of piperidine rings is 1. The number of ether oxygens (including phenoxy) is 2.